The lowest BCUT2D eigenvalue weighted by Crippen LogP contribution is -2.52. The number of fused-ring (bicyclic) bond motifs is 1. The molecule has 60 heavy (non-hydrogen) atoms. The van der Waals surface area contributed by atoms with Gasteiger partial charge in [-0.1, -0.05) is 30.3 Å². The zero-order chi connectivity index (χ0) is 43.7. The Morgan fingerprint density at radius 2 is 1.33 bits per heavy atom. The first-order chi connectivity index (χ1) is 27.9. The molecule has 0 aliphatic carbocycles. The molecule has 1 aromatic heterocycles. The molecule has 3 aromatic rings. The summed E-state index contributed by atoms with van der Waals surface area (Å²) in [5.41, 5.74) is 2.91. The van der Waals surface area contributed by atoms with E-state index in [1.165, 1.54) is 6.07 Å². The van der Waals surface area contributed by atoms with Crippen molar-refractivity contribution < 1.29 is 32.6 Å². The van der Waals surface area contributed by atoms with Gasteiger partial charge < -0.3 is 29.1 Å². The van der Waals surface area contributed by atoms with E-state index in [0.29, 0.717) is 55.0 Å². The molecule has 0 bridgehead atoms. The van der Waals surface area contributed by atoms with E-state index in [0.717, 1.165) is 28.1 Å². The highest BCUT2D eigenvalue weighted by molar-refractivity contribution is 5.83. The molecule has 12 nitrogen and oxygen atoms in total. The second-order valence-corrected chi connectivity index (χ2v) is 20.1. The SMILES string of the molecule is CC(C)(C)OC(=O)N1CCC2=C(C1)C(c1ccc(CC(C)(C)N3C4=C(CN(C(=O)OC(C)(C)C)CC4)C(c4ccccc4F)c4n[nH]nc43)cc1F)CC(=O)N2C(C)(C)C. The Bertz CT molecular complexity index is 2260. The number of halogens is 2. The van der Waals surface area contributed by atoms with Crippen LogP contribution in [-0.4, -0.2) is 96.7 Å². The van der Waals surface area contributed by atoms with Crippen molar-refractivity contribution in [3.8, 4) is 0 Å². The van der Waals surface area contributed by atoms with Gasteiger partial charge in [-0.05, 0) is 117 Å². The van der Waals surface area contributed by atoms with Crippen LogP contribution in [0.4, 0.5) is 24.2 Å². The van der Waals surface area contributed by atoms with Crippen LogP contribution < -0.4 is 4.90 Å². The van der Waals surface area contributed by atoms with Gasteiger partial charge >= 0.3 is 12.2 Å². The zero-order valence-electron chi connectivity index (χ0n) is 36.8. The minimum atomic E-state index is -0.713. The van der Waals surface area contributed by atoms with Crippen LogP contribution in [0.15, 0.2) is 65.0 Å². The smallest absolute Gasteiger partial charge is 0.410 e. The van der Waals surface area contributed by atoms with E-state index in [1.807, 2.05) is 73.3 Å². The van der Waals surface area contributed by atoms with Crippen LogP contribution in [0, 0.1) is 11.6 Å². The highest BCUT2D eigenvalue weighted by Gasteiger charge is 2.47. The number of amides is 3. The fourth-order valence-corrected chi connectivity index (χ4v) is 9.34. The molecule has 2 unspecified atom stereocenters. The second kappa shape index (κ2) is 15.3. The van der Waals surface area contributed by atoms with Crippen LogP contribution >= 0.6 is 0 Å². The van der Waals surface area contributed by atoms with E-state index in [2.05, 4.69) is 34.2 Å². The van der Waals surface area contributed by atoms with Crippen molar-refractivity contribution in [2.75, 3.05) is 31.1 Å². The number of ether oxygens (including phenoxy) is 2. The first-order valence-corrected chi connectivity index (χ1v) is 20.9. The number of rotatable bonds is 5. The van der Waals surface area contributed by atoms with Gasteiger partial charge in [-0.3, -0.25) is 4.79 Å². The van der Waals surface area contributed by atoms with Crippen molar-refractivity contribution in [2.24, 2.45) is 0 Å². The molecule has 14 heteroatoms. The largest absolute Gasteiger partial charge is 0.444 e. The molecule has 7 rings (SSSR count). The highest BCUT2D eigenvalue weighted by Crippen LogP contribution is 2.49. The Kier molecular flexibility index (Phi) is 10.9. The van der Waals surface area contributed by atoms with Crippen LogP contribution in [0.5, 0.6) is 0 Å². The number of nitrogens with zero attached hydrogens (tertiary/aromatic N) is 6. The van der Waals surface area contributed by atoms with Gasteiger partial charge in [-0.2, -0.15) is 10.3 Å². The molecule has 0 radical (unpaired) electrons. The Labute approximate surface area is 351 Å². The minimum Gasteiger partial charge on any atom is -0.444 e. The maximum absolute atomic E-state index is 16.7. The first kappa shape index (κ1) is 42.8. The average Bonchev–Trinajstić information content (AvgIpc) is 3.60. The van der Waals surface area contributed by atoms with Crippen molar-refractivity contribution in [3.63, 3.8) is 0 Å². The van der Waals surface area contributed by atoms with E-state index < -0.39 is 52.1 Å². The van der Waals surface area contributed by atoms with Crippen molar-refractivity contribution in [1.82, 2.24) is 30.1 Å². The highest BCUT2D eigenvalue weighted by atomic mass is 19.1. The predicted octanol–water partition coefficient (Wildman–Crippen LogP) is 8.96. The summed E-state index contributed by atoms with van der Waals surface area (Å²) < 4.78 is 43.9. The summed E-state index contributed by atoms with van der Waals surface area (Å²) in [5.74, 6) is -1.52. The number of carbonyl (C=O) groups excluding carboxylic acids is 3. The molecule has 4 aliphatic heterocycles. The molecule has 322 valence electrons. The van der Waals surface area contributed by atoms with Gasteiger partial charge in [0.15, 0.2) is 5.82 Å². The molecule has 2 atom stereocenters. The van der Waals surface area contributed by atoms with Gasteiger partial charge in [0.25, 0.3) is 0 Å². The summed E-state index contributed by atoms with van der Waals surface area (Å²) in [7, 11) is 0. The number of anilines is 1. The molecule has 5 heterocycles. The first-order valence-electron chi connectivity index (χ1n) is 20.9. The van der Waals surface area contributed by atoms with E-state index in [9.17, 15) is 14.4 Å². The zero-order valence-corrected chi connectivity index (χ0v) is 36.8. The Morgan fingerprint density at radius 3 is 1.90 bits per heavy atom. The van der Waals surface area contributed by atoms with E-state index in [1.54, 1.807) is 40.1 Å². The number of hydrogen-bond donors (Lipinski definition) is 1. The van der Waals surface area contributed by atoms with Gasteiger partial charge in [0.2, 0.25) is 5.91 Å². The number of carbonyl (C=O) groups is 3. The lowest BCUT2D eigenvalue weighted by atomic mass is 9.78. The van der Waals surface area contributed by atoms with Gasteiger partial charge in [0.1, 0.15) is 28.5 Å². The molecule has 0 spiro atoms. The van der Waals surface area contributed by atoms with Crippen LogP contribution in [-0.2, 0) is 20.7 Å². The standard InChI is InChI=1S/C46H59F2N7O5/c1-43(2,3)54-35-18-20-52(41(57)59-44(4,5)6)25-31(35)30(23-37(54)56)28-17-16-27(22-34(28)48)24-46(10,11)55-36-19-21-53(42(58)60-45(7,8)9)26-32(36)38(39-40(55)50-51-49-39)29-14-12-13-15-33(29)47/h12-17,22,30,38H,18-21,23-26H2,1-11H3,(H,49,50,51). The monoisotopic (exact) mass is 827 g/mol. The van der Waals surface area contributed by atoms with Gasteiger partial charge in [0, 0.05) is 79.4 Å². The number of aromatic nitrogens is 3. The van der Waals surface area contributed by atoms with E-state index >= 15 is 8.78 Å². The Morgan fingerprint density at radius 1 is 0.750 bits per heavy atom. The maximum atomic E-state index is 16.7. The maximum Gasteiger partial charge on any atom is 0.410 e. The van der Waals surface area contributed by atoms with Crippen molar-refractivity contribution in [2.45, 2.75) is 136 Å². The number of benzene rings is 2. The molecule has 3 amide bonds. The van der Waals surface area contributed by atoms with Crippen LogP contribution in [0.3, 0.4) is 0 Å². The fourth-order valence-electron chi connectivity index (χ4n) is 9.34. The van der Waals surface area contributed by atoms with Gasteiger partial charge in [0.05, 0.1) is 5.92 Å². The fraction of sp³-hybridized carbons (Fsp3) is 0.543. The van der Waals surface area contributed by atoms with Gasteiger partial charge in [-0.25, -0.2) is 18.4 Å². The molecule has 4 aliphatic rings. The van der Waals surface area contributed by atoms with Crippen LogP contribution in [0.25, 0.3) is 0 Å². The number of hydrogen-bond acceptors (Lipinski definition) is 8. The average molecular weight is 828 g/mol. The number of H-pyrrole nitrogens is 1. The van der Waals surface area contributed by atoms with Gasteiger partial charge in [-0.15, -0.1) is 5.10 Å². The van der Waals surface area contributed by atoms with Crippen molar-refractivity contribution >= 4 is 23.9 Å². The lowest BCUT2D eigenvalue weighted by molar-refractivity contribution is -0.135. The topological polar surface area (TPSA) is 124 Å². The van der Waals surface area contributed by atoms with Crippen LogP contribution in [0.1, 0.15) is 130 Å². The van der Waals surface area contributed by atoms with E-state index in [-0.39, 0.29) is 31.2 Å². The summed E-state index contributed by atoms with van der Waals surface area (Å²) >= 11 is 0. The Balaban J connectivity index is 1.23. The molecular formula is C46H59F2N7O5. The number of aromatic amines is 1. The normalized spacial score (nSPS) is 20.2. The predicted molar refractivity (Wildman–Crippen MR) is 224 cm³/mol. The molecule has 0 fully saturated rings. The third kappa shape index (κ3) is 8.38. The summed E-state index contributed by atoms with van der Waals surface area (Å²) in [4.78, 5) is 47.8. The number of nitrogens with one attached hydrogen (secondary N) is 1. The quantitative estimate of drug-likeness (QED) is 0.271. The second-order valence-electron chi connectivity index (χ2n) is 20.1. The molecular weight excluding hydrogens is 769 g/mol. The summed E-state index contributed by atoms with van der Waals surface area (Å²) in [6.07, 6.45) is 0.465. The van der Waals surface area contributed by atoms with Crippen molar-refractivity contribution in [1.29, 1.82) is 0 Å². The lowest BCUT2D eigenvalue weighted by Gasteiger charge is -2.48. The summed E-state index contributed by atoms with van der Waals surface area (Å²) in [6.45, 7) is 22.2. The molecule has 1 N–H and O–H groups in total. The van der Waals surface area contributed by atoms with Crippen LogP contribution in [0.2, 0.25) is 0 Å². The third-order valence-electron chi connectivity index (χ3n) is 11.6. The summed E-state index contributed by atoms with van der Waals surface area (Å²) in [5, 5.41) is 12.0. The molecule has 0 saturated heterocycles. The summed E-state index contributed by atoms with van der Waals surface area (Å²) in [6, 6.07) is 11.8. The minimum absolute atomic E-state index is 0.0726. The Hall–Kier alpha value is -5.27. The molecule has 2 aromatic carbocycles. The molecule has 0 saturated carbocycles. The van der Waals surface area contributed by atoms with E-state index in [4.69, 9.17) is 9.47 Å². The third-order valence-corrected chi connectivity index (χ3v) is 11.6. The van der Waals surface area contributed by atoms with Crippen molar-refractivity contribution in [3.05, 3.63) is 99.0 Å².